The zero-order valence-electron chi connectivity index (χ0n) is 15.5. The number of nitrogens with one attached hydrogen (secondary N) is 2. The Kier molecular flexibility index (Phi) is 4.55. The molecule has 0 saturated carbocycles. The molecule has 0 aliphatic carbocycles. The van der Waals surface area contributed by atoms with Crippen LogP contribution in [-0.2, 0) is 4.74 Å². The second-order valence-corrected chi connectivity index (χ2v) is 7.81. The average molecular weight is 360 g/mol. The number of aromatic nitrogens is 4. The number of ether oxygens (including phenoxy) is 1. The van der Waals surface area contributed by atoms with Crippen LogP contribution < -0.4 is 15.8 Å². The molecule has 0 spiro atoms. The van der Waals surface area contributed by atoms with Crippen LogP contribution >= 0.6 is 0 Å². The minimum atomic E-state index is -0.527. The van der Waals surface area contributed by atoms with E-state index in [9.17, 15) is 9.59 Å². The fraction of sp³-hybridized carbons (Fsp3) is 0.588. The lowest BCUT2D eigenvalue weighted by molar-refractivity contribution is 0.0448. The third kappa shape index (κ3) is 4.09. The first kappa shape index (κ1) is 18.1. The maximum Gasteiger partial charge on any atom is 0.408 e. The summed E-state index contributed by atoms with van der Waals surface area (Å²) in [6, 6.07) is 0. The van der Waals surface area contributed by atoms with Crippen LogP contribution in [0.5, 0.6) is 0 Å². The molecule has 0 aromatic carbocycles. The maximum absolute atomic E-state index is 12.1. The fourth-order valence-electron chi connectivity index (χ4n) is 2.88. The zero-order chi connectivity index (χ0) is 18.9. The van der Waals surface area contributed by atoms with Crippen LogP contribution in [0.1, 0.15) is 40.5 Å². The van der Waals surface area contributed by atoms with Crippen LogP contribution in [0.25, 0.3) is 11.0 Å². The van der Waals surface area contributed by atoms with Crippen molar-refractivity contribution in [1.29, 1.82) is 0 Å². The summed E-state index contributed by atoms with van der Waals surface area (Å²) in [6.45, 7) is 8.84. The number of anilines is 1. The smallest absolute Gasteiger partial charge is 0.408 e. The van der Waals surface area contributed by atoms with Crippen molar-refractivity contribution < 1.29 is 9.53 Å². The summed E-state index contributed by atoms with van der Waals surface area (Å²) in [4.78, 5) is 41.2. The van der Waals surface area contributed by atoms with Gasteiger partial charge in [0.05, 0.1) is 12.5 Å². The van der Waals surface area contributed by atoms with Crippen molar-refractivity contribution in [3.8, 4) is 0 Å². The number of hydrogen-bond donors (Lipinski definition) is 2. The largest absolute Gasteiger partial charge is 0.444 e. The molecule has 1 saturated heterocycles. The third-order valence-electron chi connectivity index (χ3n) is 4.32. The Labute approximate surface area is 151 Å². The SMILES string of the molecule is CC1(NC(=O)OC(C)(C)C)CCN(c2ncc3nc[nH]c(=O)c3n2)CC1. The summed E-state index contributed by atoms with van der Waals surface area (Å²) in [5.41, 5.74) is -0.425. The molecule has 2 aromatic rings. The molecule has 1 fully saturated rings. The number of amides is 1. The third-order valence-corrected chi connectivity index (χ3v) is 4.32. The molecule has 0 radical (unpaired) electrons. The highest BCUT2D eigenvalue weighted by Crippen LogP contribution is 2.25. The number of H-pyrrole nitrogens is 1. The van der Waals surface area contributed by atoms with Gasteiger partial charge in [0, 0.05) is 18.6 Å². The number of fused-ring (bicyclic) bond motifs is 1. The molecule has 1 amide bonds. The van der Waals surface area contributed by atoms with Crippen LogP contribution in [0, 0.1) is 0 Å². The molecule has 9 nitrogen and oxygen atoms in total. The second kappa shape index (κ2) is 6.54. The van der Waals surface area contributed by atoms with Crippen molar-refractivity contribution in [3.05, 3.63) is 22.9 Å². The van der Waals surface area contributed by atoms with Gasteiger partial charge >= 0.3 is 6.09 Å². The molecule has 2 N–H and O–H groups in total. The second-order valence-electron chi connectivity index (χ2n) is 7.81. The van der Waals surface area contributed by atoms with Crippen molar-refractivity contribution in [1.82, 2.24) is 25.3 Å². The zero-order valence-corrected chi connectivity index (χ0v) is 15.5. The Balaban J connectivity index is 1.67. The lowest BCUT2D eigenvalue weighted by atomic mass is 9.90. The summed E-state index contributed by atoms with van der Waals surface area (Å²) in [6.07, 6.45) is 3.92. The van der Waals surface area contributed by atoms with Gasteiger partial charge in [-0.2, -0.15) is 0 Å². The van der Waals surface area contributed by atoms with Gasteiger partial charge in [-0.1, -0.05) is 0 Å². The van der Waals surface area contributed by atoms with E-state index in [1.807, 2.05) is 32.6 Å². The van der Waals surface area contributed by atoms with E-state index in [2.05, 4.69) is 25.3 Å². The summed E-state index contributed by atoms with van der Waals surface area (Å²) < 4.78 is 5.35. The van der Waals surface area contributed by atoms with Gasteiger partial charge in [0.15, 0.2) is 5.52 Å². The summed E-state index contributed by atoms with van der Waals surface area (Å²) in [5.74, 6) is 0.496. The lowest BCUT2D eigenvalue weighted by Gasteiger charge is -2.40. The number of piperidine rings is 1. The maximum atomic E-state index is 12.1. The summed E-state index contributed by atoms with van der Waals surface area (Å²) >= 11 is 0. The number of nitrogens with zero attached hydrogens (tertiary/aromatic N) is 4. The predicted octanol–water partition coefficient (Wildman–Crippen LogP) is 1.60. The highest BCUT2D eigenvalue weighted by atomic mass is 16.6. The lowest BCUT2D eigenvalue weighted by Crippen LogP contribution is -2.54. The number of hydrogen-bond acceptors (Lipinski definition) is 7. The highest BCUT2D eigenvalue weighted by Gasteiger charge is 2.33. The first-order valence-corrected chi connectivity index (χ1v) is 8.62. The summed E-state index contributed by atoms with van der Waals surface area (Å²) in [7, 11) is 0. The van der Waals surface area contributed by atoms with E-state index in [1.165, 1.54) is 6.33 Å². The van der Waals surface area contributed by atoms with Gasteiger partial charge < -0.3 is 19.9 Å². The van der Waals surface area contributed by atoms with Crippen molar-refractivity contribution in [3.63, 3.8) is 0 Å². The quantitative estimate of drug-likeness (QED) is 0.836. The first-order chi connectivity index (χ1) is 12.2. The first-order valence-electron chi connectivity index (χ1n) is 8.62. The number of alkyl carbamates (subject to hydrolysis) is 1. The van der Waals surface area contributed by atoms with Crippen LogP contribution in [0.2, 0.25) is 0 Å². The van der Waals surface area contributed by atoms with E-state index < -0.39 is 11.7 Å². The highest BCUT2D eigenvalue weighted by molar-refractivity contribution is 5.72. The molecular weight excluding hydrogens is 336 g/mol. The van der Waals surface area contributed by atoms with E-state index in [0.29, 0.717) is 24.6 Å². The molecule has 1 aliphatic heterocycles. The van der Waals surface area contributed by atoms with E-state index in [4.69, 9.17) is 4.74 Å². The Hall–Kier alpha value is -2.71. The van der Waals surface area contributed by atoms with Gasteiger partial charge in [0.1, 0.15) is 11.1 Å². The van der Waals surface area contributed by atoms with Gasteiger partial charge in [-0.3, -0.25) is 4.79 Å². The number of carbonyl (C=O) groups is 1. The standard InChI is InChI=1S/C17H24N6O3/c1-16(2,3)26-15(25)22-17(4)5-7-23(8-6-17)14-18-9-11-12(21-14)13(24)20-10-19-11/h9-10H,5-8H2,1-4H3,(H,22,25)(H,19,20,24). The van der Waals surface area contributed by atoms with Crippen LogP contribution in [0.15, 0.2) is 17.3 Å². The van der Waals surface area contributed by atoms with Gasteiger partial charge in [-0.15, -0.1) is 0 Å². The van der Waals surface area contributed by atoms with Crippen molar-refractivity contribution in [2.75, 3.05) is 18.0 Å². The predicted molar refractivity (Wildman–Crippen MR) is 97.2 cm³/mol. The van der Waals surface area contributed by atoms with Crippen LogP contribution in [0.3, 0.4) is 0 Å². The minimum Gasteiger partial charge on any atom is -0.444 e. The molecular formula is C17H24N6O3. The topological polar surface area (TPSA) is 113 Å². The molecule has 3 rings (SSSR count). The van der Waals surface area contributed by atoms with Crippen LogP contribution in [0.4, 0.5) is 10.7 Å². The molecule has 140 valence electrons. The Morgan fingerprint density at radius 1 is 1.31 bits per heavy atom. The van der Waals surface area contributed by atoms with Gasteiger partial charge in [-0.25, -0.2) is 19.7 Å². The molecule has 26 heavy (non-hydrogen) atoms. The molecule has 0 unspecified atom stereocenters. The Bertz CT molecular complexity index is 865. The Morgan fingerprint density at radius 3 is 2.65 bits per heavy atom. The molecule has 1 aliphatic rings. The molecule has 0 bridgehead atoms. The molecule has 3 heterocycles. The number of carbonyl (C=O) groups excluding carboxylic acids is 1. The van der Waals surface area contributed by atoms with E-state index in [-0.39, 0.29) is 16.6 Å². The van der Waals surface area contributed by atoms with Gasteiger partial charge in [0.25, 0.3) is 5.56 Å². The van der Waals surface area contributed by atoms with Gasteiger partial charge in [0.2, 0.25) is 5.95 Å². The monoisotopic (exact) mass is 360 g/mol. The normalized spacial score (nSPS) is 17.2. The van der Waals surface area contributed by atoms with Crippen molar-refractivity contribution in [2.45, 2.75) is 51.7 Å². The number of aromatic amines is 1. The molecule has 0 atom stereocenters. The van der Waals surface area contributed by atoms with E-state index >= 15 is 0 Å². The molecule has 9 heteroatoms. The minimum absolute atomic E-state index is 0.276. The van der Waals surface area contributed by atoms with E-state index in [1.54, 1.807) is 6.20 Å². The van der Waals surface area contributed by atoms with Crippen LogP contribution in [-0.4, -0.2) is 50.3 Å². The number of rotatable bonds is 2. The van der Waals surface area contributed by atoms with Crippen molar-refractivity contribution in [2.24, 2.45) is 0 Å². The van der Waals surface area contributed by atoms with Crippen molar-refractivity contribution >= 4 is 23.1 Å². The Morgan fingerprint density at radius 2 is 2.00 bits per heavy atom. The summed E-state index contributed by atoms with van der Waals surface area (Å²) in [5, 5.41) is 2.97. The fourth-order valence-corrected chi connectivity index (χ4v) is 2.88. The van der Waals surface area contributed by atoms with Gasteiger partial charge in [-0.05, 0) is 40.5 Å². The molecule has 2 aromatic heterocycles. The average Bonchev–Trinajstić information content (AvgIpc) is 2.53. The van der Waals surface area contributed by atoms with E-state index in [0.717, 1.165) is 12.8 Å².